The predicted octanol–water partition coefficient (Wildman–Crippen LogP) is 4.55. The molecule has 0 aliphatic heterocycles. The van der Waals surface area contributed by atoms with Crippen molar-refractivity contribution in [3.05, 3.63) is 44.6 Å². The Morgan fingerprint density at radius 2 is 1.86 bits per heavy atom. The van der Waals surface area contributed by atoms with Gasteiger partial charge in [-0.3, -0.25) is 0 Å². The number of benzene rings is 1. The van der Waals surface area contributed by atoms with Gasteiger partial charge in [0.1, 0.15) is 0 Å². The Bertz CT molecular complexity index is 585. The van der Waals surface area contributed by atoms with Gasteiger partial charge in [0.15, 0.2) is 11.5 Å². The van der Waals surface area contributed by atoms with Crippen LogP contribution in [0.2, 0.25) is 0 Å². The second-order valence-corrected chi connectivity index (χ2v) is 6.43. The third-order valence-corrected chi connectivity index (χ3v) is 5.04. The number of halogens is 1. The lowest BCUT2D eigenvalue weighted by Crippen LogP contribution is -2.13. The molecule has 0 radical (unpaired) electrons. The van der Waals surface area contributed by atoms with Crippen LogP contribution in [-0.4, -0.2) is 13.2 Å². The first-order valence-corrected chi connectivity index (χ1v) is 8.70. The summed E-state index contributed by atoms with van der Waals surface area (Å²) in [6.45, 7) is 5.15. The molecule has 0 amide bonds. The van der Waals surface area contributed by atoms with Crippen LogP contribution in [0.25, 0.3) is 0 Å². The summed E-state index contributed by atoms with van der Waals surface area (Å²) in [5.41, 5.74) is 7.39. The molecular weight excluding hydrogens is 350 g/mol. The molecule has 2 N–H and O–H groups in total. The van der Waals surface area contributed by atoms with Crippen molar-refractivity contribution in [1.82, 2.24) is 0 Å². The first-order valence-electron chi connectivity index (χ1n) is 7.02. The molecule has 0 bridgehead atoms. The fourth-order valence-electron chi connectivity index (χ4n) is 2.09. The summed E-state index contributed by atoms with van der Waals surface area (Å²) in [5.74, 6) is 1.53. The number of hydrogen-bond acceptors (Lipinski definition) is 4. The Balaban J connectivity index is 2.18. The van der Waals surface area contributed by atoms with E-state index in [9.17, 15) is 0 Å². The molecular formula is C16H20BrNO2S. The van der Waals surface area contributed by atoms with Gasteiger partial charge in [0.25, 0.3) is 0 Å². The standard InChI is InChI=1S/C16H20BrNO2S/c1-3-19-14-6-5-11(9-15(14)20-4-2)13(18)10-16-12(17)7-8-21-16/h5-9,13H,3-4,10,18H2,1-2H3. The van der Waals surface area contributed by atoms with Crippen LogP contribution in [0.5, 0.6) is 11.5 Å². The molecule has 114 valence electrons. The van der Waals surface area contributed by atoms with Gasteiger partial charge in [-0.2, -0.15) is 0 Å². The van der Waals surface area contributed by atoms with Gasteiger partial charge in [0.2, 0.25) is 0 Å². The molecule has 0 saturated heterocycles. The average Bonchev–Trinajstić information content (AvgIpc) is 2.86. The van der Waals surface area contributed by atoms with Gasteiger partial charge >= 0.3 is 0 Å². The zero-order chi connectivity index (χ0) is 15.2. The molecule has 2 rings (SSSR count). The van der Waals surface area contributed by atoms with Crippen LogP contribution in [0.1, 0.15) is 30.3 Å². The van der Waals surface area contributed by atoms with Crippen LogP contribution in [0.3, 0.4) is 0 Å². The van der Waals surface area contributed by atoms with Gasteiger partial charge in [-0.25, -0.2) is 0 Å². The van der Waals surface area contributed by atoms with Crippen LogP contribution < -0.4 is 15.2 Å². The third-order valence-electron chi connectivity index (χ3n) is 3.09. The molecule has 1 unspecified atom stereocenters. The fourth-order valence-corrected chi connectivity index (χ4v) is 3.66. The lowest BCUT2D eigenvalue weighted by molar-refractivity contribution is 0.287. The number of thiophene rings is 1. The normalized spacial score (nSPS) is 12.2. The highest BCUT2D eigenvalue weighted by molar-refractivity contribution is 9.10. The van der Waals surface area contributed by atoms with Gasteiger partial charge in [-0.1, -0.05) is 6.07 Å². The molecule has 1 atom stereocenters. The molecule has 21 heavy (non-hydrogen) atoms. The van der Waals surface area contributed by atoms with Crippen molar-refractivity contribution in [3.63, 3.8) is 0 Å². The minimum atomic E-state index is -0.0603. The van der Waals surface area contributed by atoms with Crippen molar-refractivity contribution in [2.24, 2.45) is 5.73 Å². The quantitative estimate of drug-likeness (QED) is 0.778. The maximum absolute atomic E-state index is 6.33. The Hall–Kier alpha value is -1.04. The minimum absolute atomic E-state index is 0.0603. The summed E-state index contributed by atoms with van der Waals surface area (Å²) in [7, 11) is 0. The summed E-state index contributed by atoms with van der Waals surface area (Å²) in [4.78, 5) is 1.26. The Morgan fingerprint density at radius 3 is 2.48 bits per heavy atom. The zero-order valence-electron chi connectivity index (χ0n) is 12.3. The smallest absolute Gasteiger partial charge is 0.161 e. The van der Waals surface area contributed by atoms with Crippen molar-refractivity contribution in [3.8, 4) is 11.5 Å². The molecule has 2 aromatic rings. The molecule has 1 aromatic heterocycles. The SMILES string of the molecule is CCOc1ccc(C(N)Cc2sccc2Br)cc1OCC. The van der Waals surface area contributed by atoms with E-state index in [2.05, 4.69) is 27.4 Å². The van der Waals surface area contributed by atoms with Gasteiger partial charge in [0.05, 0.1) is 13.2 Å². The predicted molar refractivity (Wildman–Crippen MR) is 91.4 cm³/mol. The highest BCUT2D eigenvalue weighted by Gasteiger charge is 2.14. The molecule has 0 aliphatic rings. The van der Waals surface area contributed by atoms with Gasteiger partial charge < -0.3 is 15.2 Å². The first kappa shape index (κ1) is 16.3. The van der Waals surface area contributed by atoms with E-state index in [-0.39, 0.29) is 6.04 Å². The monoisotopic (exact) mass is 369 g/mol. The van der Waals surface area contributed by atoms with E-state index in [0.717, 1.165) is 28.0 Å². The summed E-state index contributed by atoms with van der Waals surface area (Å²) in [6, 6.07) is 7.93. The molecule has 0 fully saturated rings. The number of hydrogen-bond donors (Lipinski definition) is 1. The lowest BCUT2D eigenvalue weighted by atomic mass is 10.0. The topological polar surface area (TPSA) is 44.5 Å². The molecule has 5 heteroatoms. The van der Waals surface area contributed by atoms with Gasteiger partial charge in [-0.05, 0) is 58.9 Å². The second kappa shape index (κ2) is 7.82. The lowest BCUT2D eigenvalue weighted by Gasteiger charge is -2.16. The van der Waals surface area contributed by atoms with Crippen LogP contribution in [0.4, 0.5) is 0 Å². The zero-order valence-corrected chi connectivity index (χ0v) is 14.7. The number of ether oxygens (including phenoxy) is 2. The van der Waals surface area contributed by atoms with E-state index in [1.54, 1.807) is 11.3 Å². The van der Waals surface area contributed by atoms with Crippen molar-refractivity contribution >= 4 is 27.3 Å². The third kappa shape index (κ3) is 4.22. The second-order valence-electron chi connectivity index (χ2n) is 4.57. The first-order chi connectivity index (χ1) is 10.2. The molecule has 0 aliphatic carbocycles. The van der Waals surface area contributed by atoms with Crippen molar-refractivity contribution < 1.29 is 9.47 Å². The van der Waals surface area contributed by atoms with Crippen LogP contribution >= 0.6 is 27.3 Å². The summed E-state index contributed by atoms with van der Waals surface area (Å²) < 4.78 is 12.4. The Morgan fingerprint density at radius 1 is 1.14 bits per heavy atom. The van der Waals surface area contributed by atoms with Crippen molar-refractivity contribution in [1.29, 1.82) is 0 Å². The van der Waals surface area contributed by atoms with E-state index in [1.807, 2.05) is 32.0 Å². The summed E-state index contributed by atoms with van der Waals surface area (Å²) in [6.07, 6.45) is 0.803. The fraction of sp³-hybridized carbons (Fsp3) is 0.375. The van der Waals surface area contributed by atoms with Crippen LogP contribution in [-0.2, 0) is 6.42 Å². The Labute approximate surface area is 138 Å². The Kier molecular flexibility index (Phi) is 6.08. The van der Waals surface area contributed by atoms with E-state index in [1.165, 1.54) is 4.88 Å². The minimum Gasteiger partial charge on any atom is -0.490 e. The highest BCUT2D eigenvalue weighted by atomic mass is 79.9. The van der Waals surface area contributed by atoms with Crippen molar-refractivity contribution in [2.75, 3.05) is 13.2 Å². The van der Waals surface area contributed by atoms with Crippen LogP contribution in [0.15, 0.2) is 34.1 Å². The van der Waals surface area contributed by atoms with E-state index in [0.29, 0.717) is 13.2 Å². The molecule has 1 aromatic carbocycles. The van der Waals surface area contributed by atoms with Crippen molar-refractivity contribution in [2.45, 2.75) is 26.3 Å². The van der Waals surface area contributed by atoms with Crippen LogP contribution in [0, 0.1) is 0 Å². The average molecular weight is 370 g/mol. The number of rotatable bonds is 7. The van der Waals surface area contributed by atoms with Gasteiger partial charge in [0, 0.05) is 21.8 Å². The molecule has 1 heterocycles. The van der Waals surface area contributed by atoms with E-state index >= 15 is 0 Å². The maximum Gasteiger partial charge on any atom is 0.161 e. The highest BCUT2D eigenvalue weighted by Crippen LogP contribution is 2.32. The molecule has 0 spiro atoms. The maximum atomic E-state index is 6.33. The summed E-state index contributed by atoms with van der Waals surface area (Å²) >= 11 is 5.26. The van der Waals surface area contributed by atoms with E-state index in [4.69, 9.17) is 15.2 Å². The molecule has 3 nitrogen and oxygen atoms in total. The number of nitrogens with two attached hydrogens (primary N) is 1. The summed E-state index contributed by atoms with van der Waals surface area (Å²) in [5, 5.41) is 2.07. The molecule has 0 saturated carbocycles. The van der Waals surface area contributed by atoms with E-state index < -0.39 is 0 Å². The largest absolute Gasteiger partial charge is 0.490 e. The van der Waals surface area contributed by atoms with Gasteiger partial charge in [-0.15, -0.1) is 11.3 Å².